The summed E-state index contributed by atoms with van der Waals surface area (Å²) in [5.74, 6) is 2.08. The van der Waals surface area contributed by atoms with Crippen LogP contribution in [0.15, 0.2) is 71.8 Å². The molecule has 4 aromatic heterocycles. The molecule has 0 radical (unpaired) electrons. The van der Waals surface area contributed by atoms with E-state index >= 15 is 0 Å². The van der Waals surface area contributed by atoms with Crippen LogP contribution >= 0.6 is 0 Å². The van der Waals surface area contributed by atoms with Crippen molar-refractivity contribution in [3.8, 4) is 11.1 Å². The summed E-state index contributed by atoms with van der Waals surface area (Å²) >= 11 is 0. The second-order valence-corrected chi connectivity index (χ2v) is 9.74. The molecule has 8 nitrogen and oxygen atoms in total. The lowest BCUT2D eigenvalue weighted by Crippen LogP contribution is -2.30. The van der Waals surface area contributed by atoms with E-state index in [-0.39, 0.29) is 0 Å². The van der Waals surface area contributed by atoms with Gasteiger partial charge in [-0.1, -0.05) is 23.4 Å². The Morgan fingerprint density at radius 3 is 2.70 bits per heavy atom. The average Bonchev–Trinajstić information content (AvgIpc) is 3.61. The van der Waals surface area contributed by atoms with Crippen LogP contribution in [0.1, 0.15) is 52.9 Å². The van der Waals surface area contributed by atoms with E-state index in [9.17, 15) is 5.11 Å². The predicted octanol–water partition coefficient (Wildman–Crippen LogP) is 5.33. The highest BCUT2D eigenvalue weighted by Crippen LogP contribution is 2.44. The topological polar surface area (TPSA) is 114 Å². The first-order chi connectivity index (χ1) is 18.0. The zero-order chi connectivity index (χ0) is 25.1. The van der Waals surface area contributed by atoms with Gasteiger partial charge in [-0.3, -0.25) is 4.98 Å². The van der Waals surface area contributed by atoms with E-state index < -0.39 is 5.60 Å². The number of fused-ring (bicyclic) bond motifs is 2. The number of pyridine rings is 1. The molecule has 1 fully saturated rings. The Morgan fingerprint density at radius 2 is 1.95 bits per heavy atom. The number of nitrogens with zero attached hydrogens (tertiary/aromatic N) is 5. The molecule has 0 bridgehead atoms. The van der Waals surface area contributed by atoms with E-state index in [2.05, 4.69) is 31.2 Å². The quantitative estimate of drug-likeness (QED) is 0.337. The Bertz CT molecular complexity index is 1770. The molecule has 2 N–H and O–H groups in total. The molecule has 0 spiro atoms. The van der Waals surface area contributed by atoms with Gasteiger partial charge in [-0.05, 0) is 68.1 Å². The van der Waals surface area contributed by atoms with Crippen molar-refractivity contribution >= 4 is 21.9 Å². The standard InChI is InChI=1S/C29H24N6O2/c1-16-26(17(2)37-35-16)20-11-22(27-24(12-20)33-28(34-27)18-6-7-18)29(36,25-5-3-4-10-31-25)21-9-8-19-14-30-15-32-23(19)13-21/h3-5,8-15,18,36H,6-7H2,1-2H3,(H,33,34). The molecule has 8 heteroatoms. The third-order valence-corrected chi connectivity index (χ3v) is 7.24. The highest BCUT2D eigenvalue weighted by atomic mass is 16.5. The smallest absolute Gasteiger partial charge is 0.159 e. The van der Waals surface area contributed by atoms with Gasteiger partial charge in [0.15, 0.2) is 5.60 Å². The zero-order valence-electron chi connectivity index (χ0n) is 20.4. The SMILES string of the molecule is Cc1noc(C)c1-c1cc(C(O)(c2ccc3cncnc3c2)c2ccccn2)c2nc(C3CC3)[nH]c2c1. The van der Waals surface area contributed by atoms with Crippen LogP contribution in [0, 0.1) is 13.8 Å². The third kappa shape index (κ3) is 3.44. The molecule has 182 valence electrons. The van der Waals surface area contributed by atoms with Crippen LogP contribution in [0.2, 0.25) is 0 Å². The van der Waals surface area contributed by atoms with Gasteiger partial charge in [0, 0.05) is 34.8 Å². The van der Waals surface area contributed by atoms with Crippen molar-refractivity contribution in [3.63, 3.8) is 0 Å². The molecule has 0 amide bonds. The summed E-state index contributed by atoms with van der Waals surface area (Å²) in [4.78, 5) is 21.7. The van der Waals surface area contributed by atoms with Crippen LogP contribution in [-0.2, 0) is 5.60 Å². The first-order valence-corrected chi connectivity index (χ1v) is 12.3. The fraction of sp³-hybridized carbons (Fsp3) is 0.207. The number of aromatic amines is 1. The molecule has 7 rings (SSSR count). The number of hydrogen-bond donors (Lipinski definition) is 2. The predicted molar refractivity (Wildman–Crippen MR) is 139 cm³/mol. The minimum atomic E-state index is -1.61. The van der Waals surface area contributed by atoms with E-state index in [0.717, 1.165) is 51.9 Å². The lowest BCUT2D eigenvalue weighted by Gasteiger charge is -2.30. The van der Waals surface area contributed by atoms with Crippen LogP contribution in [0.25, 0.3) is 33.1 Å². The fourth-order valence-corrected chi connectivity index (χ4v) is 5.22. The zero-order valence-corrected chi connectivity index (χ0v) is 20.4. The Morgan fingerprint density at radius 1 is 1.05 bits per heavy atom. The molecule has 0 aliphatic heterocycles. The van der Waals surface area contributed by atoms with Crippen LogP contribution in [0.4, 0.5) is 0 Å². The molecule has 1 saturated carbocycles. The van der Waals surface area contributed by atoms with Gasteiger partial charge in [0.05, 0.1) is 27.9 Å². The maximum Gasteiger partial charge on any atom is 0.159 e. The van der Waals surface area contributed by atoms with Gasteiger partial charge in [0.1, 0.15) is 17.9 Å². The first kappa shape index (κ1) is 21.8. The Balaban J connectivity index is 1.57. The van der Waals surface area contributed by atoms with Gasteiger partial charge in [0.25, 0.3) is 0 Å². The molecular weight excluding hydrogens is 464 g/mol. The highest BCUT2D eigenvalue weighted by molar-refractivity contribution is 5.88. The van der Waals surface area contributed by atoms with E-state index in [1.165, 1.54) is 6.33 Å². The molecule has 1 unspecified atom stereocenters. The minimum Gasteiger partial charge on any atom is -0.374 e. The van der Waals surface area contributed by atoms with Crippen molar-refractivity contribution in [1.82, 2.24) is 30.1 Å². The second-order valence-electron chi connectivity index (χ2n) is 9.74. The normalized spacial score (nSPS) is 15.3. The molecule has 1 aliphatic carbocycles. The number of imidazole rings is 1. The van der Waals surface area contributed by atoms with E-state index in [1.54, 1.807) is 12.4 Å². The summed E-state index contributed by atoms with van der Waals surface area (Å²) in [6, 6.07) is 15.3. The number of nitrogens with one attached hydrogen (secondary N) is 1. The molecule has 1 aliphatic rings. The van der Waals surface area contributed by atoms with E-state index in [0.29, 0.717) is 34.0 Å². The third-order valence-electron chi connectivity index (χ3n) is 7.24. The monoisotopic (exact) mass is 488 g/mol. The maximum absolute atomic E-state index is 12.8. The van der Waals surface area contributed by atoms with Gasteiger partial charge in [-0.15, -0.1) is 0 Å². The van der Waals surface area contributed by atoms with E-state index in [4.69, 9.17) is 9.51 Å². The molecule has 2 aromatic carbocycles. The van der Waals surface area contributed by atoms with Gasteiger partial charge in [0.2, 0.25) is 0 Å². The maximum atomic E-state index is 12.8. The Kier molecular flexibility index (Phi) is 4.74. The van der Waals surface area contributed by atoms with Gasteiger partial charge in [-0.25, -0.2) is 15.0 Å². The largest absolute Gasteiger partial charge is 0.374 e. The highest BCUT2D eigenvalue weighted by Gasteiger charge is 2.39. The number of rotatable bonds is 5. The number of H-pyrrole nitrogens is 1. The molecule has 37 heavy (non-hydrogen) atoms. The van der Waals surface area contributed by atoms with Crippen LogP contribution < -0.4 is 0 Å². The summed E-state index contributed by atoms with van der Waals surface area (Å²) < 4.78 is 5.49. The van der Waals surface area contributed by atoms with Crippen molar-refractivity contribution in [2.75, 3.05) is 0 Å². The van der Waals surface area contributed by atoms with Crippen molar-refractivity contribution < 1.29 is 9.63 Å². The van der Waals surface area contributed by atoms with Gasteiger partial charge >= 0.3 is 0 Å². The number of aromatic nitrogens is 6. The molecule has 4 heterocycles. The lowest BCUT2D eigenvalue weighted by molar-refractivity contribution is 0.122. The van der Waals surface area contributed by atoms with Crippen molar-refractivity contribution in [2.45, 2.75) is 38.2 Å². The lowest BCUT2D eigenvalue weighted by atomic mass is 9.81. The Labute approximate surface area is 212 Å². The molecule has 1 atom stereocenters. The van der Waals surface area contributed by atoms with Crippen molar-refractivity contribution in [2.24, 2.45) is 0 Å². The Hall–Kier alpha value is -4.43. The molecule has 6 aromatic rings. The summed E-state index contributed by atoms with van der Waals surface area (Å²) in [5, 5.41) is 17.9. The second kappa shape index (κ2) is 8.04. The van der Waals surface area contributed by atoms with Crippen LogP contribution in [0.5, 0.6) is 0 Å². The van der Waals surface area contributed by atoms with Gasteiger partial charge < -0.3 is 14.6 Å². The molecule has 0 saturated heterocycles. The van der Waals surface area contributed by atoms with Crippen LogP contribution in [0.3, 0.4) is 0 Å². The average molecular weight is 489 g/mol. The van der Waals surface area contributed by atoms with Crippen LogP contribution in [-0.4, -0.2) is 35.2 Å². The summed E-state index contributed by atoms with van der Waals surface area (Å²) in [6.45, 7) is 3.82. The minimum absolute atomic E-state index is 0.420. The van der Waals surface area contributed by atoms with E-state index in [1.807, 2.05) is 56.3 Å². The number of aryl methyl sites for hydroxylation is 2. The van der Waals surface area contributed by atoms with Gasteiger partial charge in [-0.2, -0.15) is 0 Å². The number of benzene rings is 2. The first-order valence-electron chi connectivity index (χ1n) is 12.3. The summed E-state index contributed by atoms with van der Waals surface area (Å²) in [6.07, 6.45) is 7.19. The summed E-state index contributed by atoms with van der Waals surface area (Å²) in [7, 11) is 0. The fourth-order valence-electron chi connectivity index (χ4n) is 5.22. The summed E-state index contributed by atoms with van der Waals surface area (Å²) in [5.41, 5.74) is 5.05. The molecular formula is C29H24N6O2. The van der Waals surface area contributed by atoms with Crippen molar-refractivity contribution in [3.05, 3.63) is 101 Å². The number of aliphatic hydroxyl groups is 1. The van der Waals surface area contributed by atoms with Crippen molar-refractivity contribution in [1.29, 1.82) is 0 Å². The number of hydrogen-bond acceptors (Lipinski definition) is 7.